The van der Waals surface area contributed by atoms with Crippen molar-refractivity contribution in [2.24, 2.45) is 5.92 Å². The fraction of sp³-hybridized carbons (Fsp3) is 0.250. The van der Waals surface area contributed by atoms with Gasteiger partial charge in [0.15, 0.2) is 0 Å². The largest absolute Gasteiger partial charge is 0.481 e. The van der Waals surface area contributed by atoms with Crippen molar-refractivity contribution in [1.82, 2.24) is 0 Å². The lowest BCUT2D eigenvalue weighted by atomic mass is 9.98. The summed E-state index contributed by atoms with van der Waals surface area (Å²) < 4.78 is 5.25. The van der Waals surface area contributed by atoms with E-state index in [0.29, 0.717) is 11.4 Å². The number of aliphatic carboxylic acids is 1. The average Bonchev–Trinajstić information content (AvgIpc) is 2.70. The zero-order chi connectivity index (χ0) is 11.7. The minimum absolute atomic E-state index is 0.408. The maximum atomic E-state index is 10.8. The molecule has 0 fully saturated rings. The van der Waals surface area contributed by atoms with E-state index in [0.717, 1.165) is 16.5 Å². The molecule has 1 aromatic heterocycles. The standard InChI is InChI=1S/C12H11ClO3/c1-7(12(14)15)6-9-8-4-5-16-11(8)3-2-10(9)13/h2-5,7H,6H2,1H3,(H,14,15). The van der Waals surface area contributed by atoms with Gasteiger partial charge in [0.2, 0.25) is 0 Å². The summed E-state index contributed by atoms with van der Waals surface area (Å²) in [6, 6.07) is 5.33. The Morgan fingerprint density at radius 3 is 2.94 bits per heavy atom. The molecule has 2 rings (SSSR count). The van der Waals surface area contributed by atoms with Crippen LogP contribution in [0.2, 0.25) is 5.02 Å². The van der Waals surface area contributed by atoms with Crippen molar-refractivity contribution in [2.45, 2.75) is 13.3 Å². The van der Waals surface area contributed by atoms with Crippen LogP contribution >= 0.6 is 11.6 Å². The van der Waals surface area contributed by atoms with E-state index in [-0.39, 0.29) is 0 Å². The van der Waals surface area contributed by atoms with E-state index in [9.17, 15) is 4.79 Å². The van der Waals surface area contributed by atoms with Gasteiger partial charge in [-0.05, 0) is 30.2 Å². The van der Waals surface area contributed by atoms with Gasteiger partial charge in [-0.15, -0.1) is 0 Å². The van der Waals surface area contributed by atoms with Crippen molar-refractivity contribution < 1.29 is 14.3 Å². The summed E-state index contributed by atoms with van der Waals surface area (Å²) in [7, 11) is 0. The number of fused-ring (bicyclic) bond motifs is 1. The van der Waals surface area contributed by atoms with Crippen molar-refractivity contribution in [3.05, 3.63) is 35.0 Å². The second kappa shape index (κ2) is 4.18. The molecule has 0 aliphatic carbocycles. The number of benzene rings is 1. The molecule has 0 radical (unpaired) electrons. The number of carbonyl (C=O) groups is 1. The van der Waals surface area contributed by atoms with Crippen LogP contribution in [0.15, 0.2) is 28.9 Å². The van der Waals surface area contributed by atoms with E-state index >= 15 is 0 Å². The maximum absolute atomic E-state index is 10.8. The third-order valence-corrected chi connectivity index (χ3v) is 2.98. The van der Waals surface area contributed by atoms with Crippen LogP contribution < -0.4 is 0 Å². The van der Waals surface area contributed by atoms with Gasteiger partial charge >= 0.3 is 5.97 Å². The Kier molecular flexibility index (Phi) is 2.88. The van der Waals surface area contributed by atoms with Crippen molar-refractivity contribution >= 4 is 28.5 Å². The van der Waals surface area contributed by atoms with Gasteiger partial charge < -0.3 is 9.52 Å². The predicted octanol–water partition coefficient (Wildman–Crippen LogP) is 3.35. The Labute approximate surface area is 97.6 Å². The van der Waals surface area contributed by atoms with Crippen LogP contribution in [0.25, 0.3) is 11.0 Å². The van der Waals surface area contributed by atoms with E-state index < -0.39 is 11.9 Å². The molecule has 2 aromatic rings. The maximum Gasteiger partial charge on any atom is 0.306 e. The third-order valence-electron chi connectivity index (χ3n) is 2.62. The average molecular weight is 239 g/mol. The van der Waals surface area contributed by atoms with Gasteiger partial charge in [-0.25, -0.2) is 0 Å². The summed E-state index contributed by atoms with van der Waals surface area (Å²) >= 11 is 6.07. The molecule has 16 heavy (non-hydrogen) atoms. The second-order valence-corrected chi connectivity index (χ2v) is 4.21. The fourth-order valence-electron chi connectivity index (χ4n) is 1.68. The Balaban J connectivity index is 2.45. The van der Waals surface area contributed by atoms with E-state index in [1.165, 1.54) is 0 Å². The Hall–Kier alpha value is -1.48. The zero-order valence-electron chi connectivity index (χ0n) is 8.74. The summed E-state index contributed by atoms with van der Waals surface area (Å²) in [4.78, 5) is 10.8. The lowest BCUT2D eigenvalue weighted by molar-refractivity contribution is -0.141. The first kappa shape index (κ1) is 11.0. The molecule has 1 N–H and O–H groups in total. The quantitative estimate of drug-likeness (QED) is 0.892. The van der Waals surface area contributed by atoms with Gasteiger partial charge in [-0.3, -0.25) is 4.79 Å². The van der Waals surface area contributed by atoms with Crippen molar-refractivity contribution in [3.63, 3.8) is 0 Å². The van der Waals surface area contributed by atoms with Crippen LogP contribution in [-0.2, 0) is 11.2 Å². The lowest BCUT2D eigenvalue weighted by Gasteiger charge is -2.09. The Bertz CT molecular complexity index is 530. The molecule has 0 saturated carbocycles. The molecule has 0 aliphatic heterocycles. The van der Waals surface area contributed by atoms with Crippen molar-refractivity contribution in [2.75, 3.05) is 0 Å². The van der Waals surface area contributed by atoms with Gasteiger partial charge in [0.1, 0.15) is 5.58 Å². The molecule has 3 nitrogen and oxygen atoms in total. The van der Waals surface area contributed by atoms with Crippen molar-refractivity contribution in [1.29, 1.82) is 0 Å². The highest BCUT2D eigenvalue weighted by molar-refractivity contribution is 6.32. The number of furan rings is 1. The lowest BCUT2D eigenvalue weighted by Crippen LogP contribution is -2.12. The summed E-state index contributed by atoms with van der Waals surface area (Å²) in [6.45, 7) is 1.66. The molecule has 0 spiro atoms. The number of hydrogen-bond acceptors (Lipinski definition) is 2. The smallest absolute Gasteiger partial charge is 0.306 e. The number of carboxylic acids is 1. The highest BCUT2D eigenvalue weighted by Crippen LogP contribution is 2.29. The first-order valence-corrected chi connectivity index (χ1v) is 5.35. The monoisotopic (exact) mass is 238 g/mol. The summed E-state index contributed by atoms with van der Waals surface area (Å²) in [5, 5.41) is 10.4. The first-order valence-electron chi connectivity index (χ1n) is 4.97. The first-order chi connectivity index (χ1) is 7.59. The summed E-state index contributed by atoms with van der Waals surface area (Å²) in [5.74, 6) is -1.28. The van der Waals surface area contributed by atoms with Crippen LogP contribution in [0, 0.1) is 5.92 Å². The van der Waals surface area contributed by atoms with E-state index in [4.69, 9.17) is 21.1 Å². The molecule has 0 bridgehead atoms. The fourth-order valence-corrected chi connectivity index (χ4v) is 1.92. The van der Waals surface area contributed by atoms with Crippen LogP contribution in [0.1, 0.15) is 12.5 Å². The Morgan fingerprint density at radius 1 is 1.50 bits per heavy atom. The van der Waals surface area contributed by atoms with Crippen LogP contribution in [-0.4, -0.2) is 11.1 Å². The topological polar surface area (TPSA) is 50.4 Å². The number of carboxylic acid groups (broad SMARTS) is 1. The van der Waals surface area contributed by atoms with E-state index in [2.05, 4.69) is 0 Å². The van der Waals surface area contributed by atoms with E-state index in [1.807, 2.05) is 6.07 Å². The van der Waals surface area contributed by atoms with Gasteiger partial charge in [-0.2, -0.15) is 0 Å². The van der Waals surface area contributed by atoms with Crippen LogP contribution in [0.4, 0.5) is 0 Å². The molecule has 1 unspecified atom stereocenters. The predicted molar refractivity (Wildman–Crippen MR) is 61.7 cm³/mol. The number of hydrogen-bond donors (Lipinski definition) is 1. The molecule has 1 atom stereocenters. The molecule has 0 aliphatic rings. The van der Waals surface area contributed by atoms with Crippen LogP contribution in [0.5, 0.6) is 0 Å². The van der Waals surface area contributed by atoms with Gasteiger partial charge in [0, 0.05) is 10.4 Å². The number of rotatable bonds is 3. The SMILES string of the molecule is CC(Cc1c(Cl)ccc2occc12)C(=O)O. The molecule has 0 saturated heterocycles. The van der Waals surface area contributed by atoms with Gasteiger partial charge in [0.25, 0.3) is 0 Å². The van der Waals surface area contributed by atoms with E-state index in [1.54, 1.807) is 25.3 Å². The van der Waals surface area contributed by atoms with Gasteiger partial charge in [-0.1, -0.05) is 18.5 Å². The van der Waals surface area contributed by atoms with Gasteiger partial charge in [0.05, 0.1) is 12.2 Å². The minimum Gasteiger partial charge on any atom is -0.481 e. The zero-order valence-corrected chi connectivity index (χ0v) is 9.49. The molecule has 1 heterocycles. The highest BCUT2D eigenvalue weighted by atomic mass is 35.5. The molecular formula is C12H11ClO3. The minimum atomic E-state index is -0.823. The molecule has 1 aromatic carbocycles. The highest BCUT2D eigenvalue weighted by Gasteiger charge is 2.16. The summed E-state index contributed by atoms with van der Waals surface area (Å²) in [5.41, 5.74) is 1.57. The normalized spacial score (nSPS) is 12.9. The molecule has 0 amide bonds. The number of halogens is 1. The summed E-state index contributed by atoms with van der Waals surface area (Å²) in [6.07, 6.45) is 1.99. The second-order valence-electron chi connectivity index (χ2n) is 3.80. The Morgan fingerprint density at radius 2 is 2.25 bits per heavy atom. The van der Waals surface area contributed by atoms with Crippen LogP contribution in [0.3, 0.4) is 0 Å². The van der Waals surface area contributed by atoms with Crippen molar-refractivity contribution in [3.8, 4) is 0 Å². The molecular weight excluding hydrogens is 228 g/mol. The molecule has 84 valence electrons. The molecule has 4 heteroatoms. The third kappa shape index (κ3) is 1.91.